The van der Waals surface area contributed by atoms with Crippen molar-refractivity contribution in [2.75, 3.05) is 44.2 Å². The number of aliphatic hydroxyl groups excluding tert-OH is 1. The zero-order valence-corrected chi connectivity index (χ0v) is 14.1. The molecule has 0 aromatic heterocycles. The topological polar surface area (TPSA) is 37.1 Å². The van der Waals surface area contributed by atoms with Gasteiger partial charge >= 0.3 is 0 Å². The van der Waals surface area contributed by atoms with Crippen LogP contribution in [0.15, 0.2) is 60.7 Å². The second kappa shape index (κ2) is 8.83. The molecule has 4 heteroatoms. The molecule has 1 atom stereocenters. The molecular formula is C20H27N2O2+. The van der Waals surface area contributed by atoms with Crippen molar-refractivity contribution in [1.29, 1.82) is 0 Å². The van der Waals surface area contributed by atoms with Crippen LogP contribution in [-0.4, -0.2) is 50.5 Å². The minimum Gasteiger partial charge on any atom is -0.385 e. The predicted molar refractivity (Wildman–Crippen MR) is 96.3 cm³/mol. The molecule has 1 saturated heterocycles. The highest BCUT2D eigenvalue weighted by Gasteiger charge is 2.22. The van der Waals surface area contributed by atoms with Gasteiger partial charge in [-0.3, -0.25) is 0 Å². The number of aliphatic hydroxyl groups is 1. The second-order valence-corrected chi connectivity index (χ2v) is 6.43. The van der Waals surface area contributed by atoms with Gasteiger partial charge in [-0.2, -0.15) is 0 Å². The molecule has 1 fully saturated rings. The number of hydrogen-bond donors (Lipinski definition) is 2. The number of benzene rings is 2. The number of para-hydroxylation sites is 1. The molecule has 3 rings (SSSR count). The van der Waals surface area contributed by atoms with Crippen LogP contribution in [-0.2, 0) is 11.3 Å². The van der Waals surface area contributed by atoms with E-state index in [-0.39, 0.29) is 0 Å². The predicted octanol–water partition coefficient (Wildman–Crippen LogP) is 0.969. The van der Waals surface area contributed by atoms with Crippen LogP contribution in [0.25, 0.3) is 0 Å². The van der Waals surface area contributed by atoms with Crippen molar-refractivity contribution in [2.24, 2.45) is 0 Å². The lowest BCUT2D eigenvalue weighted by molar-refractivity contribution is -0.903. The van der Waals surface area contributed by atoms with E-state index in [1.54, 1.807) is 0 Å². The molecular weight excluding hydrogens is 300 g/mol. The van der Waals surface area contributed by atoms with Crippen molar-refractivity contribution in [3.05, 3.63) is 66.2 Å². The standard InChI is InChI=1S/C20H26N2O2/c23-20(17-24-16-18-7-3-1-4-8-18)15-21-11-13-22(14-12-21)19-9-5-2-6-10-19/h1-10,20,23H,11-17H2/p+1. The normalized spacial score (nSPS) is 17.0. The maximum atomic E-state index is 10.2. The largest absolute Gasteiger partial charge is 0.385 e. The summed E-state index contributed by atoms with van der Waals surface area (Å²) < 4.78 is 5.64. The lowest BCUT2D eigenvalue weighted by Gasteiger charge is -2.34. The Hall–Kier alpha value is -1.88. The molecule has 0 saturated carbocycles. The Bertz CT molecular complexity index is 583. The third-order valence-electron chi connectivity index (χ3n) is 4.54. The van der Waals surface area contributed by atoms with Gasteiger partial charge in [0.1, 0.15) is 12.6 Å². The van der Waals surface area contributed by atoms with Crippen molar-refractivity contribution in [1.82, 2.24) is 0 Å². The van der Waals surface area contributed by atoms with E-state index in [4.69, 9.17) is 4.74 Å². The molecule has 1 aliphatic rings. The summed E-state index contributed by atoms with van der Waals surface area (Å²) in [5.41, 5.74) is 2.44. The molecule has 1 heterocycles. The molecule has 0 aliphatic carbocycles. The number of hydrogen-bond acceptors (Lipinski definition) is 3. The smallest absolute Gasteiger partial charge is 0.126 e. The van der Waals surface area contributed by atoms with Crippen molar-refractivity contribution in [2.45, 2.75) is 12.7 Å². The van der Waals surface area contributed by atoms with Gasteiger partial charge in [-0.15, -0.1) is 0 Å². The maximum absolute atomic E-state index is 10.2. The van der Waals surface area contributed by atoms with Crippen molar-refractivity contribution in [3.63, 3.8) is 0 Å². The molecule has 2 aromatic rings. The van der Waals surface area contributed by atoms with Gasteiger partial charge in [-0.05, 0) is 17.7 Å². The lowest BCUT2D eigenvalue weighted by atomic mass is 10.2. The highest BCUT2D eigenvalue weighted by Crippen LogP contribution is 2.12. The number of piperazine rings is 1. The monoisotopic (exact) mass is 327 g/mol. The van der Waals surface area contributed by atoms with Gasteiger partial charge in [0.05, 0.1) is 39.4 Å². The summed E-state index contributed by atoms with van der Waals surface area (Å²) in [5, 5.41) is 10.2. The first-order chi connectivity index (χ1) is 11.8. The van der Waals surface area contributed by atoms with Crippen LogP contribution in [0.1, 0.15) is 5.56 Å². The summed E-state index contributed by atoms with van der Waals surface area (Å²) in [4.78, 5) is 3.87. The van der Waals surface area contributed by atoms with E-state index in [0.29, 0.717) is 13.2 Å². The molecule has 0 spiro atoms. The van der Waals surface area contributed by atoms with Gasteiger partial charge in [-0.25, -0.2) is 0 Å². The van der Waals surface area contributed by atoms with Gasteiger partial charge in [-0.1, -0.05) is 48.5 Å². The molecule has 2 aromatic carbocycles. The molecule has 0 bridgehead atoms. The van der Waals surface area contributed by atoms with Crippen LogP contribution in [0.2, 0.25) is 0 Å². The summed E-state index contributed by atoms with van der Waals surface area (Å²) in [6, 6.07) is 20.6. The number of quaternary nitrogens is 1. The number of nitrogens with one attached hydrogen (secondary N) is 1. The van der Waals surface area contributed by atoms with Gasteiger partial charge in [0.25, 0.3) is 0 Å². The number of nitrogens with zero attached hydrogens (tertiary/aromatic N) is 1. The first-order valence-electron chi connectivity index (χ1n) is 8.74. The van der Waals surface area contributed by atoms with Crippen molar-refractivity contribution >= 4 is 5.69 Å². The molecule has 0 amide bonds. The summed E-state index contributed by atoms with van der Waals surface area (Å²) in [6.45, 7) is 5.93. The summed E-state index contributed by atoms with van der Waals surface area (Å²) >= 11 is 0. The zero-order valence-electron chi connectivity index (χ0n) is 14.1. The fourth-order valence-electron chi connectivity index (χ4n) is 3.20. The highest BCUT2D eigenvalue weighted by molar-refractivity contribution is 5.46. The van der Waals surface area contributed by atoms with E-state index in [9.17, 15) is 5.11 Å². The fourth-order valence-corrected chi connectivity index (χ4v) is 3.20. The third-order valence-corrected chi connectivity index (χ3v) is 4.54. The minimum atomic E-state index is -0.396. The van der Waals surface area contributed by atoms with E-state index in [2.05, 4.69) is 35.2 Å². The lowest BCUT2D eigenvalue weighted by Crippen LogP contribution is -3.16. The van der Waals surface area contributed by atoms with Crippen LogP contribution in [0.5, 0.6) is 0 Å². The van der Waals surface area contributed by atoms with Gasteiger partial charge in [0.2, 0.25) is 0 Å². The van der Waals surface area contributed by atoms with Gasteiger partial charge < -0.3 is 19.6 Å². The van der Waals surface area contributed by atoms with Crippen LogP contribution in [0.3, 0.4) is 0 Å². The van der Waals surface area contributed by atoms with Crippen LogP contribution in [0.4, 0.5) is 5.69 Å². The SMILES string of the molecule is OC(COCc1ccccc1)C[NH+]1CCN(c2ccccc2)CC1. The summed E-state index contributed by atoms with van der Waals surface area (Å²) in [6.07, 6.45) is -0.396. The van der Waals surface area contributed by atoms with Crippen LogP contribution in [0, 0.1) is 0 Å². The van der Waals surface area contributed by atoms with Gasteiger partial charge in [0.15, 0.2) is 0 Å². The molecule has 128 valence electrons. The molecule has 0 radical (unpaired) electrons. The Kier molecular flexibility index (Phi) is 6.24. The van der Waals surface area contributed by atoms with Crippen LogP contribution < -0.4 is 9.80 Å². The second-order valence-electron chi connectivity index (χ2n) is 6.43. The molecule has 24 heavy (non-hydrogen) atoms. The summed E-state index contributed by atoms with van der Waals surface area (Å²) in [7, 11) is 0. The maximum Gasteiger partial charge on any atom is 0.126 e. The minimum absolute atomic E-state index is 0.396. The Morgan fingerprint density at radius 2 is 1.58 bits per heavy atom. The number of anilines is 1. The zero-order chi connectivity index (χ0) is 16.6. The molecule has 4 nitrogen and oxygen atoms in total. The van der Waals surface area contributed by atoms with E-state index in [1.165, 1.54) is 10.6 Å². The Balaban J connectivity index is 1.35. The van der Waals surface area contributed by atoms with E-state index < -0.39 is 6.10 Å². The third kappa shape index (κ3) is 5.06. The number of rotatable bonds is 7. The Labute approximate surface area is 144 Å². The fraction of sp³-hybridized carbons (Fsp3) is 0.400. The van der Waals surface area contributed by atoms with Crippen molar-refractivity contribution in [3.8, 4) is 0 Å². The Morgan fingerprint density at radius 1 is 0.958 bits per heavy atom. The first-order valence-corrected chi connectivity index (χ1v) is 8.74. The van der Waals surface area contributed by atoms with E-state index in [0.717, 1.165) is 38.3 Å². The highest BCUT2D eigenvalue weighted by atomic mass is 16.5. The average molecular weight is 327 g/mol. The number of ether oxygens (including phenoxy) is 1. The summed E-state index contributed by atoms with van der Waals surface area (Å²) in [5.74, 6) is 0. The van der Waals surface area contributed by atoms with E-state index in [1.807, 2.05) is 30.3 Å². The van der Waals surface area contributed by atoms with Crippen molar-refractivity contribution < 1.29 is 14.7 Å². The average Bonchev–Trinajstić information content (AvgIpc) is 2.64. The quantitative estimate of drug-likeness (QED) is 0.796. The van der Waals surface area contributed by atoms with E-state index >= 15 is 0 Å². The Morgan fingerprint density at radius 3 is 2.25 bits per heavy atom. The molecule has 1 aliphatic heterocycles. The van der Waals surface area contributed by atoms with Crippen LogP contribution >= 0.6 is 0 Å². The first kappa shape index (κ1) is 17.0. The molecule has 1 unspecified atom stereocenters. The van der Waals surface area contributed by atoms with Gasteiger partial charge in [0, 0.05) is 5.69 Å². The molecule has 2 N–H and O–H groups in total.